The van der Waals surface area contributed by atoms with Crippen LogP contribution in [0.4, 0.5) is 16.2 Å². The Balaban J connectivity index is 1.45. The molecule has 1 fully saturated rings. The molecular formula is C22H28N4O4S. The van der Waals surface area contributed by atoms with Crippen molar-refractivity contribution in [2.45, 2.75) is 31.1 Å². The Bertz CT molecular complexity index is 986. The first-order valence-electron chi connectivity index (χ1n) is 10.3. The minimum Gasteiger partial charge on any atom is -0.337 e. The molecule has 3 amide bonds. The normalized spacial score (nSPS) is 15.3. The number of urea groups is 1. The van der Waals surface area contributed by atoms with E-state index in [2.05, 4.69) is 22.9 Å². The second-order valence-electron chi connectivity index (χ2n) is 7.66. The molecule has 0 unspecified atom stereocenters. The SMILES string of the molecule is CC1CCN(S(=O)(=O)c2ccc(NC(=O)CCNC(=O)Nc3ccccc3)cc2)CC1. The van der Waals surface area contributed by atoms with Gasteiger partial charge in [0.15, 0.2) is 0 Å². The van der Waals surface area contributed by atoms with Gasteiger partial charge in [0.05, 0.1) is 4.90 Å². The van der Waals surface area contributed by atoms with Gasteiger partial charge in [0.25, 0.3) is 0 Å². The quantitative estimate of drug-likeness (QED) is 0.609. The fraction of sp³-hybridized carbons (Fsp3) is 0.364. The van der Waals surface area contributed by atoms with Crippen LogP contribution < -0.4 is 16.0 Å². The first-order chi connectivity index (χ1) is 14.8. The van der Waals surface area contributed by atoms with Crippen molar-refractivity contribution in [1.29, 1.82) is 0 Å². The molecule has 0 saturated carbocycles. The highest BCUT2D eigenvalue weighted by atomic mass is 32.2. The molecular weight excluding hydrogens is 416 g/mol. The number of amides is 3. The van der Waals surface area contributed by atoms with Gasteiger partial charge in [0.2, 0.25) is 15.9 Å². The molecule has 1 aliphatic rings. The lowest BCUT2D eigenvalue weighted by atomic mass is 10.0. The number of para-hydroxylation sites is 1. The molecule has 1 saturated heterocycles. The Morgan fingerprint density at radius 3 is 2.19 bits per heavy atom. The van der Waals surface area contributed by atoms with Crippen LogP contribution in [0.3, 0.4) is 0 Å². The van der Waals surface area contributed by atoms with E-state index in [1.807, 2.05) is 18.2 Å². The van der Waals surface area contributed by atoms with E-state index in [9.17, 15) is 18.0 Å². The van der Waals surface area contributed by atoms with Crippen molar-refractivity contribution in [3.05, 3.63) is 54.6 Å². The lowest BCUT2D eigenvalue weighted by Gasteiger charge is -2.29. The van der Waals surface area contributed by atoms with Gasteiger partial charge in [-0.05, 0) is 55.2 Å². The highest BCUT2D eigenvalue weighted by Crippen LogP contribution is 2.24. The predicted molar refractivity (Wildman–Crippen MR) is 120 cm³/mol. The van der Waals surface area contributed by atoms with Gasteiger partial charge in [-0.2, -0.15) is 4.31 Å². The van der Waals surface area contributed by atoms with Crippen molar-refractivity contribution in [1.82, 2.24) is 9.62 Å². The average molecular weight is 445 g/mol. The number of carbonyl (C=O) groups excluding carboxylic acids is 2. The zero-order valence-electron chi connectivity index (χ0n) is 17.5. The third-order valence-electron chi connectivity index (χ3n) is 5.19. The molecule has 0 aliphatic carbocycles. The number of benzene rings is 2. The summed E-state index contributed by atoms with van der Waals surface area (Å²) in [5.41, 5.74) is 1.17. The van der Waals surface area contributed by atoms with Gasteiger partial charge in [-0.15, -0.1) is 0 Å². The molecule has 0 bridgehead atoms. The summed E-state index contributed by atoms with van der Waals surface area (Å²) in [7, 11) is -3.51. The van der Waals surface area contributed by atoms with Gasteiger partial charge in [-0.1, -0.05) is 25.1 Å². The van der Waals surface area contributed by atoms with Crippen LogP contribution in [0.25, 0.3) is 0 Å². The maximum atomic E-state index is 12.8. The number of sulfonamides is 1. The summed E-state index contributed by atoms with van der Waals surface area (Å²) in [5, 5.41) is 8.00. The molecule has 3 rings (SSSR count). The van der Waals surface area contributed by atoms with Crippen LogP contribution in [-0.2, 0) is 14.8 Å². The molecule has 0 spiro atoms. The van der Waals surface area contributed by atoms with Crippen LogP contribution in [0.5, 0.6) is 0 Å². The lowest BCUT2D eigenvalue weighted by molar-refractivity contribution is -0.116. The maximum absolute atomic E-state index is 12.8. The Morgan fingerprint density at radius 1 is 0.935 bits per heavy atom. The van der Waals surface area contributed by atoms with Crippen molar-refractivity contribution < 1.29 is 18.0 Å². The van der Waals surface area contributed by atoms with E-state index < -0.39 is 10.0 Å². The molecule has 3 N–H and O–H groups in total. The molecule has 1 heterocycles. The van der Waals surface area contributed by atoms with Crippen molar-refractivity contribution in [2.24, 2.45) is 5.92 Å². The number of nitrogens with zero attached hydrogens (tertiary/aromatic N) is 1. The van der Waals surface area contributed by atoms with Gasteiger partial charge >= 0.3 is 6.03 Å². The van der Waals surface area contributed by atoms with E-state index in [0.717, 1.165) is 12.8 Å². The van der Waals surface area contributed by atoms with Gasteiger partial charge in [-0.25, -0.2) is 13.2 Å². The molecule has 0 atom stereocenters. The van der Waals surface area contributed by atoms with Crippen molar-refractivity contribution in [3.8, 4) is 0 Å². The monoisotopic (exact) mass is 444 g/mol. The topological polar surface area (TPSA) is 108 Å². The smallest absolute Gasteiger partial charge is 0.319 e. The zero-order valence-corrected chi connectivity index (χ0v) is 18.3. The summed E-state index contributed by atoms with van der Waals surface area (Å²) in [6.07, 6.45) is 1.82. The average Bonchev–Trinajstić information content (AvgIpc) is 2.75. The summed E-state index contributed by atoms with van der Waals surface area (Å²) < 4.78 is 27.0. The molecule has 2 aromatic rings. The number of rotatable bonds is 7. The Morgan fingerprint density at radius 2 is 1.55 bits per heavy atom. The van der Waals surface area contributed by atoms with Gasteiger partial charge < -0.3 is 16.0 Å². The number of nitrogens with one attached hydrogen (secondary N) is 3. The largest absolute Gasteiger partial charge is 0.337 e. The molecule has 166 valence electrons. The summed E-state index contributed by atoms with van der Waals surface area (Å²) in [4.78, 5) is 24.1. The number of anilines is 2. The van der Waals surface area contributed by atoms with Crippen LogP contribution in [-0.4, -0.2) is 44.3 Å². The second kappa shape index (κ2) is 10.4. The van der Waals surface area contributed by atoms with Gasteiger partial charge in [0, 0.05) is 37.4 Å². The number of hydrogen-bond donors (Lipinski definition) is 3. The molecule has 31 heavy (non-hydrogen) atoms. The minimum absolute atomic E-state index is 0.0915. The lowest BCUT2D eigenvalue weighted by Crippen LogP contribution is -2.37. The summed E-state index contributed by atoms with van der Waals surface area (Å²) in [6.45, 7) is 3.37. The molecule has 2 aromatic carbocycles. The first-order valence-corrected chi connectivity index (χ1v) is 11.8. The molecule has 0 aromatic heterocycles. The van der Waals surface area contributed by atoms with Gasteiger partial charge in [0.1, 0.15) is 0 Å². The third kappa shape index (κ3) is 6.53. The number of piperidine rings is 1. The third-order valence-corrected chi connectivity index (χ3v) is 7.10. The van der Waals surface area contributed by atoms with Gasteiger partial charge in [-0.3, -0.25) is 4.79 Å². The molecule has 8 nitrogen and oxygen atoms in total. The van der Waals surface area contributed by atoms with Crippen molar-refractivity contribution in [3.63, 3.8) is 0 Å². The van der Waals surface area contributed by atoms with Crippen LogP contribution >= 0.6 is 0 Å². The van der Waals surface area contributed by atoms with E-state index in [4.69, 9.17) is 0 Å². The number of hydrogen-bond acceptors (Lipinski definition) is 4. The Kier molecular flexibility index (Phi) is 7.64. The standard InChI is InChI=1S/C22H28N4O4S/c1-17-12-15-26(16-13-17)31(29,30)20-9-7-19(8-10-20)24-21(27)11-14-23-22(28)25-18-5-3-2-4-6-18/h2-10,17H,11-16H2,1H3,(H,24,27)(H2,23,25,28). The Hall–Kier alpha value is -2.91. The highest BCUT2D eigenvalue weighted by Gasteiger charge is 2.27. The van der Waals surface area contributed by atoms with E-state index in [-0.39, 0.29) is 29.8 Å². The molecule has 0 radical (unpaired) electrons. The van der Waals surface area contributed by atoms with Crippen molar-refractivity contribution in [2.75, 3.05) is 30.3 Å². The summed E-state index contributed by atoms with van der Waals surface area (Å²) in [6, 6.07) is 14.8. The Labute approximate surface area is 183 Å². The van der Waals surface area contributed by atoms with Crippen LogP contribution in [0.15, 0.2) is 59.5 Å². The van der Waals surface area contributed by atoms with Crippen LogP contribution in [0, 0.1) is 5.92 Å². The van der Waals surface area contributed by atoms with E-state index in [1.165, 1.54) is 16.4 Å². The van der Waals surface area contributed by atoms with E-state index in [0.29, 0.717) is 30.4 Å². The van der Waals surface area contributed by atoms with Crippen LogP contribution in [0.2, 0.25) is 0 Å². The summed E-state index contributed by atoms with van der Waals surface area (Å²) in [5.74, 6) is 0.267. The fourth-order valence-corrected chi connectivity index (χ4v) is 4.76. The van der Waals surface area contributed by atoms with Crippen molar-refractivity contribution >= 4 is 33.3 Å². The molecule has 9 heteroatoms. The van der Waals surface area contributed by atoms with Crippen LogP contribution in [0.1, 0.15) is 26.2 Å². The maximum Gasteiger partial charge on any atom is 0.319 e. The van der Waals surface area contributed by atoms with E-state index >= 15 is 0 Å². The zero-order chi connectivity index (χ0) is 22.3. The minimum atomic E-state index is -3.51. The summed E-state index contributed by atoms with van der Waals surface area (Å²) >= 11 is 0. The first kappa shape index (κ1) is 22.8. The highest BCUT2D eigenvalue weighted by molar-refractivity contribution is 7.89. The fourth-order valence-electron chi connectivity index (χ4n) is 3.29. The van der Waals surface area contributed by atoms with E-state index in [1.54, 1.807) is 24.3 Å². The number of carbonyl (C=O) groups is 2. The molecule has 1 aliphatic heterocycles. The second-order valence-corrected chi connectivity index (χ2v) is 9.59. The predicted octanol–water partition coefficient (Wildman–Crippen LogP) is 3.26.